The Morgan fingerprint density at radius 2 is 1.56 bits per heavy atom. The zero-order valence-corrected chi connectivity index (χ0v) is 13.1. The summed E-state index contributed by atoms with van der Waals surface area (Å²) in [5.41, 5.74) is 2.47. The van der Waals surface area contributed by atoms with Gasteiger partial charge in [0.25, 0.3) is 0 Å². The Balaban J connectivity index is 2.57. The highest BCUT2D eigenvalue weighted by Crippen LogP contribution is 2.45. The van der Waals surface area contributed by atoms with Crippen molar-refractivity contribution in [2.75, 3.05) is 0 Å². The van der Waals surface area contributed by atoms with Gasteiger partial charge in [-0.3, -0.25) is 0 Å². The van der Waals surface area contributed by atoms with Crippen LogP contribution in [0.5, 0.6) is 0 Å². The number of hydrogen-bond acceptors (Lipinski definition) is 0. The Kier molecular flexibility index (Phi) is 7.70. The molecule has 1 aliphatic carbocycles. The third-order valence-corrected chi connectivity index (χ3v) is 4.68. The molecule has 1 rings (SSSR count). The second kappa shape index (κ2) is 8.77. The molecule has 0 spiro atoms. The predicted octanol–water partition coefficient (Wildman–Crippen LogP) is 6.65. The molecule has 106 valence electrons. The minimum atomic E-state index is 0.684. The van der Waals surface area contributed by atoms with Crippen LogP contribution in [0.4, 0.5) is 0 Å². The highest BCUT2D eigenvalue weighted by Gasteiger charge is 2.31. The Hall–Kier alpha value is -0.260. The van der Waals surface area contributed by atoms with Crippen molar-refractivity contribution in [2.24, 2.45) is 5.41 Å². The van der Waals surface area contributed by atoms with E-state index in [4.69, 9.17) is 0 Å². The second-order valence-corrected chi connectivity index (χ2v) is 6.39. The lowest BCUT2D eigenvalue weighted by Crippen LogP contribution is -2.24. The average Bonchev–Trinajstić information content (AvgIpc) is 2.41. The van der Waals surface area contributed by atoms with Gasteiger partial charge >= 0.3 is 0 Å². The summed E-state index contributed by atoms with van der Waals surface area (Å²) in [6.45, 7) is 6.99. The number of hydrogen-bond donors (Lipinski definition) is 0. The molecule has 0 fully saturated rings. The first-order chi connectivity index (χ1) is 8.76. The Bertz CT molecular complexity index is 228. The van der Waals surface area contributed by atoms with Crippen LogP contribution in [-0.2, 0) is 0 Å². The van der Waals surface area contributed by atoms with Crippen molar-refractivity contribution in [3.05, 3.63) is 11.6 Å². The van der Waals surface area contributed by atoms with Gasteiger partial charge in [-0.05, 0) is 50.4 Å². The minimum absolute atomic E-state index is 0.684. The summed E-state index contributed by atoms with van der Waals surface area (Å²) in [7, 11) is 0. The Morgan fingerprint density at radius 3 is 2.11 bits per heavy atom. The molecular formula is C18H34. The van der Waals surface area contributed by atoms with E-state index in [1.165, 1.54) is 77.0 Å². The van der Waals surface area contributed by atoms with Crippen LogP contribution in [0.1, 0.15) is 97.8 Å². The molecule has 0 radical (unpaired) electrons. The fourth-order valence-electron chi connectivity index (χ4n) is 3.47. The summed E-state index contributed by atoms with van der Waals surface area (Å²) in [6.07, 6.45) is 19.5. The van der Waals surface area contributed by atoms with Gasteiger partial charge in [-0.2, -0.15) is 0 Å². The van der Waals surface area contributed by atoms with Crippen LogP contribution < -0.4 is 0 Å². The molecule has 0 saturated heterocycles. The maximum absolute atomic E-state index is 2.56. The minimum Gasteiger partial charge on any atom is -0.0853 e. The van der Waals surface area contributed by atoms with E-state index in [2.05, 4.69) is 26.8 Å². The van der Waals surface area contributed by atoms with Crippen LogP contribution in [0.15, 0.2) is 11.6 Å². The lowest BCUT2D eigenvalue weighted by Gasteiger charge is -2.38. The van der Waals surface area contributed by atoms with Crippen LogP contribution in [0.25, 0.3) is 0 Å². The molecule has 0 amide bonds. The van der Waals surface area contributed by atoms with Crippen molar-refractivity contribution in [3.63, 3.8) is 0 Å². The van der Waals surface area contributed by atoms with Crippen LogP contribution in [0.3, 0.4) is 0 Å². The van der Waals surface area contributed by atoms with Crippen molar-refractivity contribution in [2.45, 2.75) is 97.8 Å². The predicted molar refractivity (Wildman–Crippen MR) is 82.9 cm³/mol. The van der Waals surface area contributed by atoms with Gasteiger partial charge in [0.15, 0.2) is 0 Å². The summed E-state index contributed by atoms with van der Waals surface area (Å²) in [5.74, 6) is 0. The van der Waals surface area contributed by atoms with E-state index in [1.54, 1.807) is 5.57 Å². The van der Waals surface area contributed by atoms with Gasteiger partial charge in [0.2, 0.25) is 0 Å². The van der Waals surface area contributed by atoms with E-state index < -0.39 is 0 Å². The van der Waals surface area contributed by atoms with Gasteiger partial charge in [0, 0.05) is 0 Å². The third kappa shape index (κ3) is 5.16. The molecule has 0 bridgehead atoms. The van der Waals surface area contributed by atoms with E-state index >= 15 is 0 Å². The molecule has 0 aromatic carbocycles. The van der Waals surface area contributed by atoms with Crippen LogP contribution in [-0.4, -0.2) is 0 Å². The van der Waals surface area contributed by atoms with Gasteiger partial charge in [-0.25, -0.2) is 0 Å². The molecule has 0 unspecified atom stereocenters. The Labute approximate surface area is 115 Å². The Morgan fingerprint density at radius 1 is 0.944 bits per heavy atom. The van der Waals surface area contributed by atoms with Gasteiger partial charge in [0.1, 0.15) is 0 Å². The first kappa shape index (κ1) is 15.8. The fourth-order valence-corrected chi connectivity index (χ4v) is 3.47. The summed E-state index contributed by atoms with van der Waals surface area (Å²) in [6, 6.07) is 0. The largest absolute Gasteiger partial charge is 0.0853 e. The second-order valence-electron chi connectivity index (χ2n) is 6.39. The highest BCUT2D eigenvalue weighted by molar-refractivity contribution is 5.10. The number of unbranched alkanes of at least 4 members (excludes halogenated alkanes) is 3. The molecule has 0 N–H and O–H groups in total. The first-order valence-electron chi connectivity index (χ1n) is 8.44. The maximum atomic E-state index is 2.56. The molecule has 0 nitrogen and oxygen atoms in total. The standard InChI is InChI=1S/C18H34/c1-4-7-11-17-12-10-15-18(16-17,13-8-5-2)14-9-6-3/h12H,4-11,13-16H2,1-3H3. The highest BCUT2D eigenvalue weighted by atomic mass is 14.4. The fraction of sp³-hybridized carbons (Fsp3) is 0.889. The van der Waals surface area contributed by atoms with Crippen LogP contribution >= 0.6 is 0 Å². The molecule has 0 aromatic heterocycles. The van der Waals surface area contributed by atoms with E-state index in [1.807, 2.05) is 0 Å². The third-order valence-electron chi connectivity index (χ3n) is 4.68. The van der Waals surface area contributed by atoms with E-state index in [9.17, 15) is 0 Å². The molecule has 0 aliphatic heterocycles. The monoisotopic (exact) mass is 250 g/mol. The maximum Gasteiger partial charge on any atom is -0.0257 e. The average molecular weight is 250 g/mol. The lowest BCUT2D eigenvalue weighted by molar-refractivity contribution is 0.194. The first-order valence-corrected chi connectivity index (χ1v) is 8.44. The van der Waals surface area contributed by atoms with Crippen molar-refractivity contribution in [1.29, 1.82) is 0 Å². The quantitative estimate of drug-likeness (QED) is 0.402. The number of allylic oxidation sites excluding steroid dienone is 2. The normalized spacial score (nSPS) is 18.7. The van der Waals surface area contributed by atoms with Gasteiger partial charge in [0.05, 0.1) is 0 Å². The molecular weight excluding hydrogens is 216 g/mol. The smallest absolute Gasteiger partial charge is 0.0257 e. The van der Waals surface area contributed by atoms with Crippen molar-refractivity contribution in [3.8, 4) is 0 Å². The van der Waals surface area contributed by atoms with Crippen molar-refractivity contribution in [1.82, 2.24) is 0 Å². The van der Waals surface area contributed by atoms with Crippen molar-refractivity contribution >= 4 is 0 Å². The SMILES string of the molecule is CCCCC1=CCCC(CCCC)(CCCC)C1. The lowest BCUT2D eigenvalue weighted by atomic mass is 9.67. The molecule has 0 atom stereocenters. The van der Waals surface area contributed by atoms with Crippen LogP contribution in [0, 0.1) is 5.41 Å². The van der Waals surface area contributed by atoms with Crippen LogP contribution in [0.2, 0.25) is 0 Å². The van der Waals surface area contributed by atoms with Crippen molar-refractivity contribution < 1.29 is 0 Å². The molecule has 0 heterocycles. The summed E-state index contributed by atoms with van der Waals surface area (Å²) in [5, 5.41) is 0. The summed E-state index contributed by atoms with van der Waals surface area (Å²) in [4.78, 5) is 0. The molecule has 0 saturated carbocycles. The van der Waals surface area contributed by atoms with Gasteiger partial charge < -0.3 is 0 Å². The van der Waals surface area contributed by atoms with E-state index in [-0.39, 0.29) is 0 Å². The van der Waals surface area contributed by atoms with E-state index in [0.29, 0.717) is 5.41 Å². The van der Waals surface area contributed by atoms with E-state index in [0.717, 1.165) is 0 Å². The summed E-state index contributed by atoms with van der Waals surface area (Å²) < 4.78 is 0. The summed E-state index contributed by atoms with van der Waals surface area (Å²) >= 11 is 0. The molecule has 0 heteroatoms. The number of rotatable bonds is 9. The van der Waals surface area contributed by atoms with Gasteiger partial charge in [-0.15, -0.1) is 0 Å². The zero-order chi connectivity index (χ0) is 13.3. The molecule has 0 aromatic rings. The topological polar surface area (TPSA) is 0 Å². The molecule has 18 heavy (non-hydrogen) atoms. The molecule has 1 aliphatic rings. The zero-order valence-electron chi connectivity index (χ0n) is 13.1. The van der Waals surface area contributed by atoms with Gasteiger partial charge in [-0.1, -0.05) is 64.5 Å².